The molecule has 0 bridgehead atoms. The summed E-state index contributed by atoms with van der Waals surface area (Å²) in [5.74, 6) is 0.0595. The number of hydrogen-bond donors (Lipinski definition) is 2. The summed E-state index contributed by atoms with van der Waals surface area (Å²) in [6, 6.07) is 9.97. The largest absolute Gasteiger partial charge is 0.351 e. The third-order valence-corrected chi connectivity index (χ3v) is 3.38. The fourth-order valence-corrected chi connectivity index (χ4v) is 2.27. The Morgan fingerprint density at radius 1 is 1.21 bits per heavy atom. The maximum atomic E-state index is 11.6. The average molecular weight is 258 g/mol. The van der Waals surface area contributed by atoms with Gasteiger partial charge in [-0.2, -0.15) is 0 Å². The highest BCUT2D eigenvalue weighted by Crippen LogP contribution is 2.19. The Morgan fingerprint density at radius 2 is 2.05 bits per heavy atom. The van der Waals surface area contributed by atoms with Crippen molar-refractivity contribution in [2.75, 3.05) is 13.1 Å². The standard InChI is InChI=1S/C16H22N2O/c19-16(18-12-15-8-2-1-3-9-15)13-17-11-10-14-6-4-5-7-14/h1-3,6,8-9,17H,4-5,7,10-13H2,(H,18,19). The Bertz CT molecular complexity index is 426. The van der Waals surface area contributed by atoms with E-state index >= 15 is 0 Å². The van der Waals surface area contributed by atoms with Crippen LogP contribution in [0.2, 0.25) is 0 Å². The van der Waals surface area contributed by atoms with E-state index in [0.717, 1.165) is 18.5 Å². The Balaban J connectivity index is 1.54. The molecule has 19 heavy (non-hydrogen) atoms. The number of rotatable bonds is 7. The lowest BCUT2D eigenvalue weighted by Gasteiger charge is -2.07. The maximum Gasteiger partial charge on any atom is 0.234 e. The Kier molecular flexibility index (Phi) is 5.63. The minimum atomic E-state index is 0.0595. The van der Waals surface area contributed by atoms with Gasteiger partial charge in [0, 0.05) is 6.54 Å². The topological polar surface area (TPSA) is 41.1 Å². The number of benzene rings is 1. The smallest absolute Gasteiger partial charge is 0.234 e. The number of nitrogens with one attached hydrogen (secondary N) is 2. The molecular weight excluding hydrogens is 236 g/mol. The molecule has 0 atom stereocenters. The van der Waals surface area contributed by atoms with Gasteiger partial charge >= 0.3 is 0 Å². The normalized spacial score (nSPS) is 14.2. The Labute approximate surface area is 115 Å². The molecule has 0 saturated carbocycles. The van der Waals surface area contributed by atoms with Crippen molar-refractivity contribution in [2.45, 2.75) is 32.2 Å². The van der Waals surface area contributed by atoms with Crippen molar-refractivity contribution in [3.8, 4) is 0 Å². The summed E-state index contributed by atoms with van der Waals surface area (Å²) in [4.78, 5) is 11.6. The average Bonchev–Trinajstić information content (AvgIpc) is 2.96. The highest BCUT2D eigenvalue weighted by atomic mass is 16.1. The third kappa shape index (κ3) is 5.26. The van der Waals surface area contributed by atoms with Crippen LogP contribution in [-0.4, -0.2) is 19.0 Å². The fraction of sp³-hybridized carbons (Fsp3) is 0.438. The summed E-state index contributed by atoms with van der Waals surface area (Å²) >= 11 is 0. The second-order valence-corrected chi connectivity index (χ2v) is 4.94. The molecule has 2 N–H and O–H groups in total. The number of amides is 1. The van der Waals surface area contributed by atoms with Gasteiger partial charge in [0.05, 0.1) is 6.54 Å². The van der Waals surface area contributed by atoms with E-state index in [1.807, 2.05) is 30.3 Å². The van der Waals surface area contributed by atoms with Crippen LogP contribution in [0.15, 0.2) is 42.0 Å². The predicted octanol–water partition coefficient (Wildman–Crippen LogP) is 2.39. The highest BCUT2D eigenvalue weighted by Gasteiger charge is 2.04. The number of hydrogen-bond acceptors (Lipinski definition) is 2. The van der Waals surface area contributed by atoms with Gasteiger partial charge in [0.25, 0.3) is 0 Å². The van der Waals surface area contributed by atoms with Crippen molar-refractivity contribution in [2.24, 2.45) is 0 Å². The summed E-state index contributed by atoms with van der Waals surface area (Å²) in [5.41, 5.74) is 2.67. The summed E-state index contributed by atoms with van der Waals surface area (Å²) in [5, 5.41) is 6.11. The lowest BCUT2D eigenvalue weighted by atomic mass is 10.2. The molecule has 0 heterocycles. The van der Waals surface area contributed by atoms with Gasteiger partial charge in [-0.1, -0.05) is 42.0 Å². The van der Waals surface area contributed by atoms with Crippen LogP contribution in [0, 0.1) is 0 Å². The van der Waals surface area contributed by atoms with Crippen molar-refractivity contribution in [1.29, 1.82) is 0 Å². The molecule has 3 nitrogen and oxygen atoms in total. The van der Waals surface area contributed by atoms with Gasteiger partial charge in [-0.3, -0.25) is 4.79 Å². The molecule has 3 heteroatoms. The molecule has 0 unspecified atom stereocenters. The van der Waals surface area contributed by atoms with E-state index in [4.69, 9.17) is 0 Å². The molecule has 1 aliphatic carbocycles. The van der Waals surface area contributed by atoms with Crippen LogP contribution in [0.4, 0.5) is 0 Å². The first-order valence-electron chi connectivity index (χ1n) is 7.04. The maximum absolute atomic E-state index is 11.6. The zero-order valence-electron chi connectivity index (χ0n) is 11.3. The van der Waals surface area contributed by atoms with Gasteiger partial charge in [-0.15, -0.1) is 0 Å². The third-order valence-electron chi connectivity index (χ3n) is 3.38. The number of carbonyl (C=O) groups excluding carboxylic acids is 1. The predicted molar refractivity (Wildman–Crippen MR) is 77.7 cm³/mol. The molecule has 1 aliphatic rings. The van der Waals surface area contributed by atoms with Crippen molar-refractivity contribution in [3.63, 3.8) is 0 Å². The summed E-state index contributed by atoms with van der Waals surface area (Å²) in [6.07, 6.45) is 7.17. The van der Waals surface area contributed by atoms with Crippen molar-refractivity contribution in [3.05, 3.63) is 47.5 Å². The zero-order chi connectivity index (χ0) is 13.3. The SMILES string of the molecule is O=C(CNCCC1=CCCC1)NCc1ccccc1. The molecule has 1 aromatic rings. The molecule has 0 saturated heterocycles. The van der Waals surface area contributed by atoms with Crippen molar-refractivity contribution >= 4 is 5.91 Å². The number of allylic oxidation sites excluding steroid dienone is 1. The second-order valence-electron chi connectivity index (χ2n) is 4.94. The zero-order valence-corrected chi connectivity index (χ0v) is 11.3. The summed E-state index contributed by atoms with van der Waals surface area (Å²) in [7, 11) is 0. The summed E-state index contributed by atoms with van der Waals surface area (Å²) < 4.78 is 0. The van der Waals surface area contributed by atoms with E-state index in [1.54, 1.807) is 0 Å². The molecular formula is C16H22N2O. The first kappa shape index (κ1) is 13.8. The van der Waals surface area contributed by atoms with Gasteiger partial charge in [-0.05, 0) is 37.8 Å². The van der Waals surface area contributed by atoms with Crippen LogP contribution in [0.5, 0.6) is 0 Å². The number of carbonyl (C=O) groups is 1. The van der Waals surface area contributed by atoms with Crippen LogP contribution in [0.3, 0.4) is 0 Å². The van der Waals surface area contributed by atoms with Crippen LogP contribution in [-0.2, 0) is 11.3 Å². The first-order chi connectivity index (χ1) is 9.34. The van der Waals surface area contributed by atoms with E-state index in [-0.39, 0.29) is 5.91 Å². The fourth-order valence-electron chi connectivity index (χ4n) is 2.27. The van der Waals surface area contributed by atoms with Crippen LogP contribution >= 0.6 is 0 Å². The van der Waals surface area contributed by atoms with Crippen LogP contribution in [0.1, 0.15) is 31.2 Å². The Hall–Kier alpha value is -1.61. The van der Waals surface area contributed by atoms with Gasteiger partial charge < -0.3 is 10.6 Å². The molecule has 102 valence electrons. The lowest BCUT2D eigenvalue weighted by molar-refractivity contribution is -0.120. The van der Waals surface area contributed by atoms with E-state index < -0.39 is 0 Å². The molecule has 1 aromatic carbocycles. The quantitative estimate of drug-likeness (QED) is 0.582. The Morgan fingerprint density at radius 3 is 2.79 bits per heavy atom. The minimum absolute atomic E-state index is 0.0595. The van der Waals surface area contributed by atoms with Gasteiger partial charge in [-0.25, -0.2) is 0 Å². The van der Waals surface area contributed by atoms with E-state index in [0.29, 0.717) is 13.1 Å². The first-order valence-corrected chi connectivity index (χ1v) is 7.04. The van der Waals surface area contributed by atoms with Gasteiger partial charge in [0.2, 0.25) is 5.91 Å². The van der Waals surface area contributed by atoms with Crippen molar-refractivity contribution < 1.29 is 4.79 Å². The van der Waals surface area contributed by atoms with Crippen LogP contribution in [0.25, 0.3) is 0 Å². The second kappa shape index (κ2) is 7.74. The van der Waals surface area contributed by atoms with Gasteiger partial charge in [0.1, 0.15) is 0 Å². The van der Waals surface area contributed by atoms with E-state index in [2.05, 4.69) is 16.7 Å². The highest BCUT2D eigenvalue weighted by molar-refractivity contribution is 5.77. The van der Waals surface area contributed by atoms with Crippen molar-refractivity contribution in [1.82, 2.24) is 10.6 Å². The van der Waals surface area contributed by atoms with Crippen LogP contribution < -0.4 is 10.6 Å². The molecule has 2 rings (SSSR count). The monoisotopic (exact) mass is 258 g/mol. The van der Waals surface area contributed by atoms with E-state index in [1.165, 1.54) is 24.8 Å². The molecule has 0 fully saturated rings. The molecule has 0 spiro atoms. The van der Waals surface area contributed by atoms with Gasteiger partial charge in [0.15, 0.2) is 0 Å². The molecule has 0 radical (unpaired) electrons. The molecule has 1 amide bonds. The summed E-state index contributed by atoms with van der Waals surface area (Å²) in [6.45, 7) is 1.90. The molecule has 0 aliphatic heterocycles. The lowest BCUT2D eigenvalue weighted by Crippen LogP contribution is -2.33. The molecule has 0 aromatic heterocycles. The minimum Gasteiger partial charge on any atom is -0.351 e. The van der Waals surface area contributed by atoms with E-state index in [9.17, 15) is 4.79 Å².